The van der Waals surface area contributed by atoms with Gasteiger partial charge >= 0.3 is 0 Å². The van der Waals surface area contributed by atoms with Crippen molar-refractivity contribution in [3.8, 4) is 33.8 Å². The van der Waals surface area contributed by atoms with Gasteiger partial charge in [0, 0.05) is 70.4 Å². The van der Waals surface area contributed by atoms with E-state index in [1.54, 1.807) is 50.1 Å². The second-order valence-electron chi connectivity index (χ2n) is 14.8. The van der Waals surface area contributed by atoms with Crippen molar-refractivity contribution < 1.29 is 17.9 Å². The summed E-state index contributed by atoms with van der Waals surface area (Å²) in [5, 5.41) is 1.86. The third kappa shape index (κ3) is 7.79. The van der Waals surface area contributed by atoms with Gasteiger partial charge in [-0.1, -0.05) is 60.7 Å². The Morgan fingerprint density at radius 2 is 1.19 bits per heavy atom. The molecule has 4 aromatic carbocycles. The minimum atomic E-state index is -4.39. The molecule has 7 rings (SSSR count). The maximum atomic E-state index is 15.2. The lowest BCUT2D eigenvalue weighted by molar-refractivity contribution is 0.330. The van der Waals surface area contributed by atoms with Crippen LogP contribution in [0.2, 0.25) is 0 Å². The number of aryl methyl sites for hydroxylation is 1. The molecule has 0 spiro atoms. The van der Waals surface area contributed by atoms with E-state index in [0.29, 0.717) is 51.0 Å². The summed E-state index contributed by atoms with van der Waals surface area (Å²) in [6.07, 6.45) is 1.46. The van der Waals surface area contributed by atoms with Crippen LogP contribution in [0.15, 0.2) is 124 Å². The van der Waals surface area contributed by atoms with Gasteiger partial charge < -0.3 is 28.4 Å². The topological polar surface area (TPSA) is 133 Å². The van der Waals surface area contributed by atoms with Gasteiger partial charge in [0.15, 0.2) is 5.03 Å². The summed E-state index contributed by atoms with van der Waals surface area (Å²) in [4.78, 5) is 38.3. The number of methoxy groups -OCH3 is 2. The van der Waals surface area contributed by atoms with E-state index in [-0.39, 0.29) is 23.7 Å². The Labute approximate surface area is 337 Å². The van der Waals surface area contributed by atoms with Gasteiger partial charge in [0.25, 0.3) is 21.1 Å². The SMILES string of the molecule is COc1ccc2c(=O)n(CC(NS(=O)(=O)c3cn(C)cn3)n3c(CN(C)C)c(-c4ccccc4)c4cc(OC)ccc4c3=O)c(CN(C)C)c(-c3ccccc3)c2c1. The lowest BCUT2D eigenvalue weighted by Crippen LogP contribution is -2.44. The molecule has 300 valence electrons. The Morgan fingerprint density at radius 3 is 1.67 bits per heavy atom. The number of hydrogen-bond donors (Lipinski definition) is 1. The van der Waals surface area contributed by atoms with Crippen molar-refractivity contribution in [1.29, 1.82) is 0 Å². The minimum absolute atomic E-state index is 0.229. The van der Waals surface area contributed by atoms with Crippen LogP contribution in [0.3, 0.4) is 0 Å². The lowest BCUT2D eigenvalue weighted by Gasteiger charge is -2.30. The molecular formula is C44H47N7O6S. The van der Waals surface area contributed by atoms with Gasteiger partial charge in [0.1, 0.15) is 17.7 Å². The van der Waals surface area contributed by atoms with Crippen molar-refractivity contribution in [3.05, 3.63) is 142 Å². The van der Waals surface area contributed by atoms with Gasteiger partial charge in [0.2, 0.25) is 0 Å². The highest BCUT2D eigenvalue weighted by atomic mass is 32.2. The predicted molar refractivity (Wildman–Crippen MR) is 228 cm³/mol. The molecule has 13 nitrogen and oxygen atoms in total. The number of fused-ring (bicyclic) bond motifs is 2. The normalized spacial score (nSPS) is 12.5. The molecule has 3 heterocycles. The molecule has 0 saturated carbocycles. The molecule has 1 N–H and O–H groups in total. The average Bonchev–Trinajstić information content (AvgIpc) is 3.66. The van der Waals surface area contributed by atoms with Gasteiger partial charge in [-0.2, -0.15) is 4.72 Å². The molecule has 0 amide bonds. The fourth-order valence-electron chi connectivity index (χ4n) is 7.58. The fourth-order valence-corrected chi connectivity index (χ4v) is 8.73. The van der Waals surface area contributed by atoms with Gasteiger partial charge in [0.05, 0.1) is 27.1 Å². The number of sulfonamides is 1. The third-order valence-corrected chi connectivity index (χ3v) is 11.4. The Bertz CT molecular complexity index is 2850. The number of ether oxygens (including phenoxy) is 2. The second-order valence-corrected chi connectivity index (χ2v) is 16.4. The van der Waals surface area contributed by atoms with Crippen molar-refractivity contribution in [2.45, 2.75) is 30.8 Å². The summed E-state index contributed by atoms with van der Waals surface area (Å²) in [6, 6.07) is 30.0. The molecule has 7 aromatic rings. The predicted octanol–water partition coefficient (Wildman–Crippen LogP) is 5.70. The van der Waals surface area contributed by atoms with Crippen molar-refractivity contribution in [2.24, 2.45) is 7.05 Å². The quantitative estimate of drug-likeness (QED) is 0.147. The fraction of sp³-hybridized carbons (Fsp3) is 0.250. The number of pyridine rings is 2. The van der Waals surface area contributed by atoms with E-state index in [1.165, 1.54) is 21.7 Å². The summed E-state index contributed by atoms with van der Waals surface area (Å²) < 4.78 is 47.7. The molecule has 0 fully saturated rings. The smallest absolute Gasteiger partial charge is 0.261 e. The number of benzene rings is 4. The summed E-state index contributed by atoms with van der Waals surface area (Å²) in [6.45, 7) is 0.283. The molecule has 1 unspecified atom stereocenters. The lowest BCUT2D eigenvalue weighted by atomic mass is 9.95. The monoisotopic (exact) mass is 801 g/mol. The van der Waals surface area contributed by atoms with Gasteiger partial charge in [-0.25, -0.2) is 13.4 Å². The Kier molecular flexibility index (Phi) is 11.4. The van der Waals surface area contributed by atoms with Crippen LogP contribution >= 0.6 is 0 Å². The molecule has 58 heavy (non-hydrogen) atoms. The molecule has 3 aromatic heterocycles. The summed E-state index contributed by atoms with van der Waals surface area (Å²) in [7, 11) is 8.02. The maximum absolute atomic E-state index is 15.2. The summed E-state index contributed by atoms with van der Waals surface area (Å²) >= 11 is 0. The van der Waals surface area contributed by atoms with Crippen molar-refractivity contribution >= 4 is 31.6 Å². The molecular weight excluding hydrogens is 755 g/mol. The van der Waals surface area contributed by atoms with E-state index in [0.717, 1.165) is 22.3 Å². The molecule has 1 atom stereocenters. The van der Waals surface area contributed by atoms with Crippen LogP contribution in [0.5, 0.6) is 11.5 Å². The molecule has 0 aliphatic carbocycles. The van der Waals surface area contributed by atoms with Crippen molar-refractivity contribution in [3.63, 3.8) is 0 Å². The first-order chi connectivity index (χ1) is 27.8. The standard InChI is InChI=1S/C44H47N7O6S/c1-47(2)24-37-41(29-14-10-8-11-15-29)35-22-31(56-6)18-20-33(35)43(52)50(37)26-39(46-58(54,55)40-27-49(5)28-45-40)51-38(25-48(3)4)42(30-16-12-9-13-17-30)36-23-32(57-7)19-21-34(36)44(51)53/h8-23,27-28,39,46H,24-26H2,1-7H3. The van der Waals surface area contributed by atoms with Crippen LogP contribution in [0.4, 0.5) is 0 Å². The Balaban J connectivity index is 1.61. The summed E-state index contributed by atoms with van der Waals surface area (Å²) in [5.74, 6) is 1.14. The maximum Gasteiger partial charge on any atom is 0.261 e. The van der Waals surface area contributed by atoms with Crippen molar-refractivity contribution in [1.82, 2.24) is 33.2 Å². The molecule has 14 heteroatoms. The number of nitrogens with one attached hydrogen (secondary N) is 1. The zero-order valence-electron chi connectivity index (χ0n) is 33.6. The minimum Gasteiger partial charge on any atom is -0.497 e. The number of rotatable bonds is 14. The zero-order valence-corrected chi connectivity index (χ0v) is 34.4. The molecule has 0 radical (unpaired) electrons. The first kappa shape index (κ1) is 40.1. The second kappa shape index (κ2) is 16.4. The molecule has 0 aliphatic rings. The molecule has 0 aliphatic heterocycles. The highest BCUT2D eigenvalue weighted by Crippen LogP contribution is 2.37. The number of nitrogens with zero attached hydrogens (tertiary/aromatic N) is 6. The van der Waals surface area contributed by atoms with Gasteiger partial charge in [-0.05, 0) is 75.7 Å². The van der Waals surface area contributed by atoms with E-state index in [4.69, 9.17) is 9.47 Å². The first-order valence-corrected chi connectivity index (χ1v) is 20.2. The largest absolute Gasteiger partial charge is 0.497 e. The number of imidazole rings is 1. The van der Waals surface area contributed by atoms with E-state index >= 15 is 9.59 Å². The highest BCUT2D eigenvalue weighted by Gasteiger charge is 2.31. The van der Waals surface area contributed by atoms with Crippen LogP contribution in [0.1, 0.15) is 17.6 Å². The number of hydrogen-bond acceptors (Lipinski definition) is 9. The number of aromatic nitrogens is 4. The van der Waals surface area contributed by atoms with Crippen LogP contribution in [0, 0.1) is 0 Å². The van der Waals surface area contributed by atoms with E-state index in [2.05, 4.69) is 9.71 Å². The van der Waals surface area contributed by atoms with Crippen LogP contribution in [-0.4, -0.2) is 79.3 Å². The van der Waals surface area contributed by atoms with E-state index in [9.17, 15) is 8.42 Å². The Morgan fingerprint density at radius 1 is 0.690 bits per heavy atom. The van der Waals surface area contributed by atoms with E-state index in [1.807, 2.05) is 111 Å². The zero-order chi connectivity index (χ0) is 41.3. The third-order valence-electron chi connectivity index (χ3n) is 10.1. The first-order valence-electron chi connectivity index (χ1n) is 18.7. The molecule has 0 saturated heterocycles. The Hall–Kier alpha value is -6.06. The summed E-state index contributed by atoms with van der Waals surface area (Å²) in [5.41, 5.74) is 3.53. The van der Waals surface area contributed by atoms with Gasteiger partial charge in [-0.15, -0.1) is 0 Å². The molecule has 0 bridgehead atoms. The van der Waals surface area contributed by atoms with Crippen molar-refractivity contribution in [2.75, 3.05) is 42.4 Å². The van der Waals surface area contributed by atoms with Crippen LogP contribution in [0.25, 0.3) is 43.8 Å². The van der Waals surface area contributed by atoms with Crippen LogP contribution in [-0.2, 0) is 36.7 Å². The highest BCUT2D eigenvalue weighted by molar-refractivity contribution is 7.89. The van der Waals surface area contributed by atoms with Gasteiger partial charge in [-0.3, -0.25) is 14.2 Å². The van der Waals surface area contributed by atoms with E-state index < -0.39 is 21.7 Å². The van der Waals surface area contributed by atoms with Crippen LogP contribution < -0.4 is 25.3 Å². The average molecular weight is 802 g/mol.